The number of rotatable bonds is 4. The molecule has 0 spiro atoms. The van der Waals surface area contributed by atoms with Gasteiger partial charge in [-0.2, -0.15) is 0 Å². The molecule has 2 aromatic rings. The highest BCUT2D eigenvalue weighted by atomic mass is 15.3. The van der Waals surface area contributed by atoms with E-state index in [4.69, 9.17) is 4.99 Å². The molecule has 2 heterocycles. The first kappa shape index (κ1) is 22.5. The molecular weight excluding hydrogens is 425 g/mol. The van der Waals surface area contributed by atoms with Crippen LogP contribution in [0, 0.1) is 0 Å². The monoisotopic (exact) mass is 453 g/mol. The second-order valence-electron chi connectivity index (χ2n) is 8.76. The van der Waals surface area contributed by atoms with Gasteiger partial charge in [-0.15, -0.1) is 0 Å². The quantitative estimate of drug-likeness (QED) is 0.478. The van der Waals surface area contributed by atoms with E-state index < -0.39 is 0 Å². The fourth-order valence-corrected chi connectivity index (χ4v) is 5.37. The van der Waals surface area contributed by atoms with Gasteiger partial charge in [-0.05, 0) is 71.6 Å². The molecule has 1 fully saturated rings. The summed E-state index contributed by atoms with van der Waals surface area (Å²) in [6.45, 7) is 20.3. The Morgan fingerprint density at radius 1 is 0.914 bits per heavy atom. The third kappa shape index (κ3) is 3.33. The van der Waals surface area contributed by atoms with E-state index in [1.807, 2.05) is 18.4 Å². The van der Waals surface area contributed by atoms with Crippen LogP contribution in [0.15, 0.2) is 128 Å². The first-order valence-corrected chi connectivity index (χ1v) is 11.7. The summed E-state index contributed by atoms with van der Waals surface area (Å²) in [5, 5.41) is 0. The van der Waals surface area contributed by atoms with Gasteiger partial charge in [0.2, 0.25) is 0 Å². The molecule has 0 amide bonds. The van der Waals surface area contributed by atoms with Gasteiger partial charge in [-0.25, -0.2) is 4.99 Å². The first-order valence-electron chi connectivity index (χ1n) is 11.7. The van der Waals surface area contributed by atoms with Crippen LogP contribution in [0.1, 0.15) is 30.5 Å². The Kier molecular flexibility index (Phi) is 5.66. The van der Waals surface area contributed by atoms with Crippen molar-refractivity contribution in [3.05, 3.63) is 140 Å². The lowest BCUT2D eigenvalue weighted by molar-refractivity contribution is 0.827. The van der Waals surface area contributed by atoms with Crippen LogP contribution in [0.4, 0.5) is 5.69 Å². The molecule has 2 aliphatic heterocycles. The highest BCUT2D eigenvalue weighted by Crippen LogP contribution is 2.45. The summed E-state index contributed by atoms with van der Waals surface area (Å²) in [5.74, 6) is 0.767. The van der Waals surface area contributed by atoms with Crippen LogP contribution in [-0.4, -0.2) is 17.6 Å². The Hall–Kier alpha value is -4.31. The van der Waals surface area contributed by atoms with Crippen LogP contribution in [0.2, 0.25) is 0 Å². The number of allylic oxidation sites excluding steroid dienone is 8. The lowest BCUT2D eigenvalue weighted by Gasteiger charge is -2.47. The van der Waals surface area contributed by atoms with Crippen LogP contribution in [0.3, 0.4) is 0 Å². The molecule has 4 heteroatoms. The predicted octanol–water partition coefficient (Wildman–Crippen LogP) is 6.73. The van der Waals surface area contributed by atoms with Crippen molar-refractivity contribution in [1.82, 2.24) is 4.81 Å². The van der Waals surface area contributed by atoms with Gasteiger partial charge < -0.3 is 9.62 Å². The molecule has 1 saturated heterocycles. The fourth-order valence-electron chi connectivity index (χ4n) is 5.37. The number of anilines is 1. The number of benzene rings is 2. The SMILES string of the molecule is C=C/C=C1C(=N/C=C)/N(C=C)B2c3ccccc3/C(C)=C3/C=C(C)c4ccc3c(c4)N2C/1=C/C=C. The summed E-state index contributed by atoms with van der Waals surface area (Å²) >= 11 is 0. The molecule has 2 aromatic carbocycles. The Bertz CT molecular complexity index is 1450. The Morgan fingerprint density at radius 2 is 1.69 bits per heavy atom. The summed E-state index contributed by atoms with van der Waals surface area (Å²) in [4.78, 5) is 9.23. The molecule has 4 bridgehead atoms. The zero-order chi connectivity index (χ0) is 24.7. The van der Waals surface area contributed by atoms with E-state index in [2.05, 4.69) is 104 Å². The van der Waals surface area contributed by atoms with Crippen molar-refractivity contribution in [3.8, 4) is 0 Å². The van der Waals surface area contributed by atoms with E-state index in [9.17, 15) is 0 Å². The normalized spacial score (nSPS) is 21.7. The largest absolute Gasteiger partial charge is 0.422 e. The van der Waals surface area contributed by atoms with Crippen molar-refractivity contribution >= 4 is 40.7 Å². The van der Waals surface area contributed by atoms with Gasteiger partial charge in [0.25, 0.3) is 0 Å². The van der Waals surface area contributed by atoms with Gasteiger partial charge in [0, 0.05) is 28.7 Å². The number of hydrogen-bond donors (Lipinski definition) is 0. The Labute approximate surface area is 208 Å². The smallest absolute Gasteiger partial charge is 0.360 e. The second-order valence-corrected chi connectivity index (χ2v) is 8.76. The van der Waals surface area contributed by atoms with Gasteiger partial charge in [0.15, 0.2) is 0 Å². The maximum Gasteiger partial charge on any atom is 0.422 e. The maximum atomic E-state index is 4.71. The number of nitrogens with zero attached hydrogens (tertiary/aromatic N) is 3. The Balaban J connectivity index is 1.99. The number of hydrogen-bond acceptors (Lipinski definition) is 2. The molecule has 4 aliphatic rings. The van der Waals surface area contributed by atoms with Crippen LogP contribution in [-0.2, 0) is 0 Å². The lowest BCUT2D eigenvalue weighted by Crippen LogP contribution is -2.65. The van der Waals surface area contributed by atoms with Crippen LogP contribution >= 0.6 is 0 Å². The summed E-state index contributed by atoms with van der Waals surface area (Å²) in [6.07, 6.45) is 13.4. The fraction of sp³-hybridized carbons (Fsp3) is 0.0645. The molecule has 0 atom stereocenters. The van der Waals surface area contributed by atoms with Crippen LogP contribution in [0.5, 0.6) is 0 Å². The molecule has 3 nitrogen and oxygen atoms in total. The number of amidine groups is 1. The minimum Gasteiger partial charge on any atom is -0.360 e. The van der Waals surface area contributed by atoms with Gasteiger partial charge in [-0.1, -0.05) is 80.9 Å². The minimum absolute atomic E-state index is 0.209. The molecule has 6 rings (SSSR count). The summed E-state index contributed by atoms with van der Waals surface area (Å²) < 4.78 is 0. The molecular formula is C31H28BN3. The molecule has 0 saturated carbocycles. The van der Waals surface area contributed by atoms with Gasteiger partial charge in [-0.3, -0.25) is 0 Å². The average Bonchev–Trinajstić information content (AvgIpc) is 3.11. The number of fused-ring (bicyclic) bond motifs is 4. The van der Waals surface area contributed by atoms with E-state index in [0.29, 0.717) is 0 Å². The standard InChI is InChI=1S/C31H28BN3/c1-7-13-26-29(14-8-2)35-30-20-23-17-18-25(30)27(19-21(23)5)22(6)24-15-11-12-16-28(24)32(35)34(10-4)31(26)33-9-3/h7-20H,1-4H2,5-6H3/b26-13+,27-22-,29-14+,33-31-. The van der Waals surface area contributed by atoms with Crippen LogP contribution in [0.25, 0.3) is 16.7 Å². The van der Waals surface area contributed by atoms with Crippen molar-refractivity contribution in [2.45, 2.75) is 13.8 Å². The summed E-state index contributed by atoms with van der Waals surface area (Å²) in [6, 6.07) is 15.4. The number of aliphatic imine (C=N–C) groups is 1. The first-order chi connectivity index (χ1) is 17.0. The topological polar surface area (TPSA) is 18.8 Å². The molecule has 0 aromatic heterocycles. The third-order valence-corrected chi connectivity index (χ3v) is 6.91. The zero-order valence-electron chi connectivity index (χ0n) is 20.3. The second kappa shape index (κ2) is 8.81. The van der Waals surface area contributed by atoms with E-state index in [-0.39, 0.29) is 6.98 Å². The van der Waals surface area contributed by atoms with Crippen molar-refractivity contribution in [2.75, 3.05) is 4.81 Å². The van der Waals surface area contributed by atoms with E-state index >= 15 is 0 Å². The highest BCUT2D eigenvalue weighted by Gasteiger charge is 2.46. The van der Waals surface area contributed by atoms with Crippen molar-refractivity contribution in [2.24, 2.45) is 4.99 Å². The van der Waals surface area contributed by atoms with Crippen molar-refractivity contribution < 1.29 is 0 Å². The van der Waals surface area contributed by atoms with Gasteiger partial charge >= 0.3 is 6.98 Å². The molecule has 35 heavy (non-hydrogen) atoms. The van der Waals surface area contributed by atoms with Gasteiger partial charge in [0.1, 0.15) is 5.84 Å². The minimum atomic E-state index is -0.209. The van der Waals surface area contributed by atoms with E-state index in [1.165, 1.54) is 38.9 Å². The summed E-state index contributed by atoms with van der Waals surface area (Å²) in [5.41, 5.74) is 11.6. The van der Waals surface area contributed by atoms with Crippen LogP contribution < -0.4 is 10.3 Å². The summed E-state index contributed by atoms with van der Waals surface area (Å²) in [7, 11) is 0. The Morgan fingerprint density at radius 3 is 2.40 bits per heavy atom. The van der Waals surface area contributed by atoms with Crippen molar-refractivity contribution in [3.63, 3.8) is 0 Å². The van der Waals surface area contributed by atoms with E-state index in [1.54, 1.807) is 12.3 Å². The lowest BCUT2D eigenvalue weighted by atomic mass is 9.57. The molecule has 0 N–H and O–H groups in total. The molecule has 0 radical (unpaired) electrons. The molecule has 0 unspecified atom stereocenters. The van der Waals surface area contributed by atoms with Crippen molar-refractivity contribution in [1.29, 1.82) is 0 Å². The highest BCUT2D eigenvalue weighted by molar-refractivity contribution is 6.79. The third-order valence-electron chi connectivity index (χ3n) is 6.91. The van der Waals surface area contributed by atoms with E-state index in [0.717, 1.165) is 22.8 Å². The zero-order valence-corrected chi connectivity index (χ0v) is 20.3. The molecule has 2 aliphatic carbocycles. The predicted molar refractivity (Wildman–Crippen MR) is 153 cm³/mol. The maximum absolute atomic E-state index is 4.71. The average molecular weight is 453 g/mol. The van der Waals surface area contributed by atoms with Gasteiger partial charge in [0.05, 0.1) is 0 Å². The molecule has 170 valence electrons.